The molecule has 132 valence electrons. The summed E-state index contributed by atoms with van der Waals surface area (Å²) in [6, 6.07) is 8.19. The fraction of sp³-hybridized carbons (Fsp3) is 0.450. The van der Waals surface area contributed by atoms with Crippen LogP contribution in [0.3, 0.4) is 0 Å². The van der Waals surface area contributed by atoms with Gasteiger partial charge in [0.1, 0.15) is 5.75 Å². The molecule has 4 nitrogen and oxygen atoms in total. The van der Waals surface area contributed by atoms with Crippen molar-refractivity contribution in [1.82, 2.24) is 9.38 Å². The molecule has 4 rings (SSSR count). The van der Waals surface area contributed by atoms with Gasteiger partial charge in [0.15, 0.2) is 4.96 Å². The van der Waals surface area contributed by atoms with Crippen molar-refractivity contribution in [3.05, 3.63) is 40.5 Å². The number of imidazole rings is 1. The van der Waals surface area contributed by atoms with Crippen LogP contribution >= 0.6 is 11.3 Å². The first-order chi connectivity index (χ1) is 12.1. The van der Waals surface area contributed by atoms with E-state index in [1.54, 1.807) is 0 Å². The van der Waals surface area contributed by atoms with Crippen LogP contribution in [0, 0.1) is 5.92 Å². The van der Waals surface area contributed by atoms with E-state index < -0.39 is 0 Å². The number of thiazole rings is 1. The van der Waals surface area contributed by atoms with Gasteiger partial charge in [-0.2, -0.15) is 0 Å². The SMILES string of the molecule is CC1CCc2c(sc3nc(-c4ccc(OC(C)C)cc4)c(CN)n23)C1. The van der Waals surface area contributed by atoms with Crippen molar-refractivity contribution in [3.8, 4) is 17.0 Å². The normalized spacial score (nSPS) is 17.2. The maximum Gasteiger partial charge on any atom is 0.194 e. The van der Waals surface area contributed by atoms with Gasteiger partial charge in [0.2, 0.25) is 0 Å². The monoisotopic (exact) mass is 355 g/mol. The van der Waals surface area contributed by atoms with E-state index in [1.807, 2.05) is 37.3 Å². The molecule has 1 unspecified atom stereocenters. The maximum absolute atomic E-state index is 6.13. The van der Waals surface area contributed by atoms with Crippen LogP contribution in [-0.2, 0) is 19.4 Å². The lowest BCUT2D eigenvalue weighted by molar-refractivity contribution is 0.242. The van der Waals surface area contributed by atoms with Crippen molar-refractivity contribution in [1.29, 1.82) is 0 Å². The summed E-state index contributed by atoms with van der Waals surface area (Å²) in [6.45, 7) is 6.91. The first-order valence-corrected chi connectivity index (χ1v) is 9.87. The predicted octanol–water partition coefficient (Wildman–Crippen LogP) is 4.43. The summed E-state index contributed by atoms with van der Waals surface area (Å²) in [6.07, 6.45) is 3.72. The average molecular weight is 356 g/mol. The Hall–Kier alpha value is -1.85. The molecular weight excluding hydrogens is 330 g/mol. The van der Waals surface area contributed by atoms with Crippen LogP contribution < -0.4 is 10.5 Å². The van der Waals surface area contributed by atoms with Crippen LogP contribution in [0.5, 0.6) is 5.75 Å². The molecule has 0 fully saturated rings. The third-order valence-electron chi connectivity index (χ3n) is 4.85. The minimum atomic E-state index is 0.178. The molecule has 1 aliphatic rings. The molecule has 3 aromatic rings. The zero-order valence-electron chi connectivity index (χ0n) is 15.1. The van der Waals surface area contributed by atoms with E-state index in [0.717, 1.165) is 40.0 Å². The molecular formula is C20H25N3OS. The summed E-state index contributed by atoms with van der Waals surface area (Å²) in [7, 11) is 0. The number of benzene rings is 1. The highest BCUT2D eigenvalue weighted by Crippen LogP contribution is 2.36. The van der Waals surface area contributed by atoms with Crippen LogP contribution in [0.1, 0.15) is 43.5 Å². The number of aryl methyl sites for hydroxylation is 1. The standard InChI is InChI=1S/C20H25N3OS/c1-12(2)24-15-7-5-14(6-8-15)19-17(11-21)23-16-9-4-13(3)10-18(16)25-20(23)22-19/h5-8,12-13H,4,9-11,21H2,1-3H3. The molecule has 0 amide bonds. The lowest BCUT2D eigenvalue weighted by Crippen LogP contribution is -2.13. The predicted molar refractivity (Wildman–Crippen MR) is 103 cm³/mol. The lowest BCUT2D eigenvalue weighted by Gasteiger charge is -2.18. The van der Waals surface area contributed by atoms with Crippen molar-refractivity contribution in [3.63, 3.8) is 0 Å². The minimum absolute atomic E-state index is 0.178. The van der Waals surface area contributed by atoms with Gasteiger partial charge in [-0.05, 0) is 63.3 Å². The highest BCUT2D eigenvalue weighted by Gasteiger charge is 2.24. The third kappa shape index (κ3) is 2.96. The van der Waals surface area contributed by atoms with Gasteiger partial charge in [0.25, 0.3) is 0 Å². The maximum atomic E-state index is 6.13. The van der Waals surface area contributed by atoms with Crippen LogP contribution in [-0.4, -0.2) is 15.5 Å². The van der Waals surface area contributed by atoms with Gasteiger partial charge in [0.05, 0.1) is 17.5 Å². The molecule has 2 heterocycles. The lowest BCUT2D eigenvalue weighted by atomic mass is 9.93. The molecule has 0 spiro atoms. The first-order valence-electron chi connectivity index (χ1n) is 9.05. The van der Waals surface area contributed by atoms with E-state index in [1.165, 1.54) is 23.4 Å². The molecule has 25 heavy (non-hydrogen) atoms. The Morgan fingerprint density at radius 2 is 2.08 bits per heavy atom. The highest BCUT2D eigenvalue weighted by molar-refractivity contribution is 7.17. The van der Waals surface area contributed by atoms with E-state index in [9.17, 15) is 0 Å². The van der Waals surface area contributed by atoms with Gasteiger partial charge in [-0.25, -0.2) is 4.98 Å². The molecule has 0 aliphatic heterocycles. The van der Waals surface area contributed by atoms with Crippen molar-refractivity contribution in [2.75, 3.05) is 0 Å². The van der Waals surface area contributed by atoms with Gasteiger partial charge in [0, 0.05) is 22.7 Å². The van der Waals surface area contributed by atoms with Gasteiger partial charge in [-0.3, -0.25) is 4.40 Å². The number of rotatable bonds is 4. The number of hydrogen-bond donors (Lipinski definition) is 1. The summed E-state index contributed by atoms with van der Waals surface area (Å²) < 4.78 is 8.06. The van der Waals surface area contributed by atoms with Gasteiger partial charge >= 0.3 is 0 Å². The number of hydrogen-bond acceptors (Lipinski definition) is 4. The molecule has 1 aliphatic carbocycles. The molecule has 0 bridgehead atoms. The average Bonchev–Trinajstić information content (AvgIpc) is 3.09. The summed E-state index contributed by atoms with van der Waals surface area (Å²) in [4.78, 5) is 7.50. The topological polar surface area (TPSA) is 52.5 Å². The largest absolute Gasteiger partial charge is 0.491 e. The van der Waals surface area contributed by atoms with Crippen molar-refractivity contribution in [2.24, 2.45) is 11.7 Å². The molecule has 2 aromatic heterocycles. The quantitative estimate of drug-likeness (QED) is 0.753. The Balaban J connectivity index is 1.76. The second kappa shape index (κ2) is 6.46. The van der Waals surface area contributed by atoms with Crippen molar-refractivity contribution < 1.29 is 4.74 Å². The Morgan fingerprint density at radius 1 is 1.32 bits per heavy atom. The molecule has 5 heteroatoms. The second-order valence-corrected chi connectivity index (χ2v) is 8.30. The van der Waals surface area contributed by atoms with E-state index in [-0.39, 0.29) is 6.10 Å². The van der Waals surface area contributed by atoms with Crippen molar-refractivity contribution >= 4 is 16.3 Å². The first kappa shape index (κ1) is 16.6. The summed E-state index contributed by atoms with van der Waals surface area (Å²) in [5.74, 6) is 1.66. The molecule has 0 saturated heterocycles. The van der Waals surface area contributed by atoms with Gasteiger partial charge in [-0.1, -0.05) is 6.92 Å². The second-order valence-electron chi connectivity index (χ2n) is 7.24. The summed E-state index contributed by atoms with van der Waals surface area (Å²) >= 11 is 1.83. The third-order valence-corrected chi connectivity index (χ3v) is 5.95. The summed E-state index contributed by atoms with van der Waals surface area (Å²) in [5, 5.41) is 0. The number of fused-ring (bicyclic) bond motifs is 3. The minimum Gasteiger partial charge on any atom is -0.491 e. The van der Waals surface area contributed by atoms with Crippen LogP contribution in [0.15, 0.2) is 24.3 Å². The van der Waals surface area contributed by atoms with Gasteiger partial charge in [-0.15, -0.1) is 11.3 Å². The number of nitrogens with zero attached hydrogens (tertiary/aromatic N) is 2. The molecule has 0 saturated carbocycles. The van der Waals surface area contributed by atoms with Crippen molar-refractivity contribution in [2.45, 2.75) is 52.7 Å². The van der Waals surface area contributed by atoms with E-state index in [2.05, 4.69) is 23.5 Å². The molecule has 0 radical (unpaired) electrons. The van der Waals surface area contributed by atoms with Gasteiger partial charge < -0.3 is 10.5 Å². The Bertz CT molecular complexity index is 892. The fourth-order valence-corrected chi connectivity index (χ4v) is 5.02. The van der Waals surface area contributed by atoms with Crippen LogP contribution in [0.2, 0.25) is 0 Å². The Kier molecular flexibility index (Phi) is 4.29. The molecule has 2 N–H and O–H groups in total. The fourth-order valence-electron chi connectivity index (χ4n) is 3.67. The smallest absolute Gasteiger partial charge is 0.194 e. The Labute approximate surface area is 152 Å². The molecule has 1 aromatic carbocycles. The van der Waals surface area contributed by atoms with E-state index in [0.29, 0.717) is 6.54 Å². The van der Waals surface area contributed by atoms with Crippen LogP contribution in [0.4, 0.5) is 0 Å². The zero-order valence-corrected chi connectivity index (χ0v) is 15.9. The number of aromatic nitrogens is 2. The Morgan fingerprint density at radius 3 is 2.76 bits per heavy atom. The summed E-state index contributed by atoms with van der Waals surface area (Å²) in [5.41, 5.74) is 10.8. The number of ether oxygens (including phenoxy) is 1. The number of nitrogens with two attached hydrogens (primary N) is 1. The van der Waals surface area contributed by atoms with E-state index >= 15 is 0 Å². The van der Waals surface area contributed by atoms with Crippen LogP contribution in [0.25, 0.3) is 16.2 Å². The highest BCUT2D eigenvalue weighted by atomic mass is 32.1. The van der Waals surface area contributed by atoms with E-state index in [4.69, 9.17) is 15.5 Å². The molecule has 1 atom stereocenters. The zero-order chi connectivity index (χ0) is 17.6.